The van der Waals surface area contributed by atoms with Crippen molar-refractivity contribution in [2.45, 2.75) is 19.1 Å². The lowest BCUT2D eigenvalue weighted by molar-refractivity contribution is -0.155. The number of carboxylic acids is 1. The number of anilines is 1. The van der Waals surface area contributed by atoms with E-state index < -0.39 is 55.3 Å². The molecule has 0 aliphatic carbocycles. The highest BCUT2D eigenvalue weighted by atomic mass is 16.5. The molecule has 1 unspecified atom stereocenters. The fourth-order valence-corrected chi connectivity index (χ4v) is 3.80. The van der Waals surface area contributed by atoms with Crippen molar-refractivity contribution in [3.8, 4) is 0 Å². The normalized spacial score (nSPS) is 14.9. The second-order valence-corrected chi connectivity index (χ2v) is 8.42. The standard InChI is InChI=1S/C25H28N6O7/c26-23(27)17-6-8-18(9-7-17)29-20(32)12-19-24(36)30(14-22(34)35)10-11-31(19)21(33)13-28-25(37)38-15-16-4-2-1-3-5-16/h1-9,19H,10-15H2,(H3,26,27)(H,28,37)(H,29,32)(H,34,35). The highest BCUT2D eigenvalue weighted by Gasteiger charge is 2.39. The molecule has 1 heterocycles. The van der Waals surface area contributed by atoms with Gasteiger partial charge in [-0.25, -0.2) is 4.79 Å². The van der Waals surface area contributed by atoms with Crippen LogP contribution in [0.1, 0.15) is 17.5 Å². The molecule has 0 saturated carbocycles. The Labute approximate surface area is 218 Å². The van der Waals surface area contributed by atoms with Crippen LogP contribution in [0.15, 0.2) is 54.6 Å². The average Bonchev–Trinajstić information content (AvgIpc) is 2.89. The molecule has 13 heteroatoms. The summed E-state index contributed by atoms with van der Waals surface area (Å²) in [6.45, 7) is -1.12. The van der Waals surface area contributed by atoms with Gasteiger partial charge in [-0.1, -0.05) is 30.3 Å². The number of rotatable bonds is 10. The lowest BCUT2D eigenvalue weighted by Gasteiger charge is -2.39. The minimum atomic E-state index is -1.27. The Balaban J connectivity index is 1.63. The molecule has 13 nitrogen and oxygen atoms in total. The van der Waals surface area contributed by atoms with E-state index in [1.54, 1.807) is 24.3 Å². The Morgan fingerprint density at radius 2 is 1.74 bits per heavy atom. The van der Waals surface area contributed by atoms with Crippen LogP contribution < -0.4 is 16.4 Å². The minimum absolute atomic E-state index is 0.00338. The molecule has 200 valence electrons. The Morgan fingerprint density at radius 1 is 1.05 bits per heavy atom. The summed E-state index contributed by atoms with van der Waals surface area (Å²) in [5.41, 5.74) is 7.02. The molecule has 1 aliphatic rings. The molecule has 38 heavy (non-hydrogen) atoms. The number of nitrogen functional groups attached to an aromatic ring is 1. The van der Waals surface area contributed by atoms with Crippen LogP contribution in [-0.2, 0) is 30.5 Å². The van der Waals surface area contributed by atoms with Gasteiger partial charge in [0.25, 0.3) is 0 Å². The van der Waals surface area contributed by atoms with Crippen LogP contribution in [0.4, 0.5) is 10.5 Å². The van der Waals surface area contributed by atoms with E-state index in [0.717, 1.165) is 15.4 Å². The van der Waals surface area contributed by atoms with Crippen molar-refractivity contribution in [1.82, 2.24) is 15.1 Å². The first-order chi connectivity index (χ1) is 18.1. The highest BCUT2D eigenvalue weighted by Crippen LogP contribution is 2.17. The number of ether oxygens (including phenoxy) is 1. The molecule has 1 saturated heterocycles. The number of nitrogens with zero attached hydrogens (tertiary/aromatic N) is 2. The zero-order valence-electron chi connectivity index (χ0n) is 20.4. The summed E-state index contributed by atoms with van der Waals surface area (Å²) in [6, 6.07) is 13.8. The molecule has 1 fully saturated rings. The second kappa shape index (κ2) is 12.9. The zero-order valence-corrected chi connectivity index (χ0v) is 20.4. The number of carbonyl (C=O) groups excluding carboxylic acids is 4. The van der Waals surface area contributed by atoms with Gasteiger partial charge in [0.05, 0.1) is 6.42 Å². The second-order valence-electron chi connectivity index (χ2n) is 8.42. The lowest BCUT2D eigenvalue weighted by atomic mass is 10.1. The van der Waals surface area contributed by atoms with Crippen molar-refractivity contribution in [3.63, 3.8) is 0 Å². The molecule has 0 aromatic heterocycles. The minimum Gasteiger partial charge on any atom is -0.480 e. The Bertz CT molecular complexity index is 1200. The third-order valence-corrected chi connectivity index (χ3v) is 5.69. The number of hydrogen-bond acceptors (Lipinski definition) is 7. The topological polar surface area (TPSA) is 195 Å². The van der Waals surface area contributed by atoms with Gasteiger partial charge >= 0.3 is 12.1 Å². The Hall–Kier alpha value is -4.94. The predicted octanol–water partition coefficient (Wildman–Crippen LogP) is 0.350. The number of aliphatic carboxylic acids is 1. The van der Waals surface area contributed by atoms with Gasteiger partial charge in [0, 0.05) is 24.3 Å². The molecule has 0 spiro atoms. The van der Waals surface area contributed by atoms with Gasteiger partial charge in [-0.05, 0) is 29.8 Å². The molecular formula is C25H28N6O7. The van der Waals surface area contributed by atoms with Crippen molar-refractivity contribution in [2.75, 3.05) is 31.5 Å². The van der Waals surface area contributed by atoms with E-state index in [1.165, 1.54) is 24.3 Å². The number of benzene rings is 2. The van der Waals surface area contributed by atoms with Crippen molar-refractivity contribution < 1.29 is 33.8 Å². The number of carbonyl (C=O) groups is 5. The monoisotopic (exact) mass is 524 g/mol. The van der Waals surface area contributed by atoms with E-state index in [4.69, 9.17) is 21.0 Å². The van der Waals surface area contributed by atoms with Crippen LogP contribution in [0.3, 0.4) is 0 Å². The summed E-state index contributed by atoms with van der Waals surface area (Å²) in [5, 5.41) is 21.5. The van der Waals surface area contributed by atoms with Gasteiger partial charge < -0.3 is 36.0 Å². The fraction of sp³-hybridized carbons (Fsp3) is 0.280. The first-order valence-corrected chi connectivity index (χ1v) is 11.6. The van der Waals surface area contributed by atoms with Crippen molar-refractivity contribution in [3.05, 3.63) is 65.7 Å². The smallest absolute Gasteiger partial charge is 0.407 e. The third kappa shape index (κ3) is 7.78. The largest absolute Gasteiger partial charge is 0.480 e. The molecule has 0 bridgehead atoms. The molecule has 4 amide bonds. The predicted molar refractivity (Wildman–Crippen MR) is 135 cm³/mol. The van der Waals surface area contributed by atoms with Crippen molar-refractivity contribution in [2.24, 2.45) is 5.73 Å². The number of carboxylic acid groups (broad SMARTS) is 1. The number of alkyl carbamates (subject to hydrolysis) is 1. The summed E-state index contributed by atoms with van der Waals surface area (Å²) in [5.74, 6) is -3.28. The maximum atomic E-state index is 13.0. The molecule has 1 aliphatic heterocycles. The van der Waals surface area contributed by atoms with E-state index in [9.17, 15) is 24.0 Å². The van der Waals surface area contributed by atoms with Gasteiger partial charge in [0.1, 0.15) is 31.6 Å². The average molecular weight is 525 g/mol. The third-order valence-electron chi connectivity index (χ3n) is 5.69. The maximum Gasteiger partial charge on any atom is 0.407 e. The van der Waals surface area contributed by atoms with Gasteiger partial charge in [-0.15, -0.1) is 0 Å². The van der Waals surface area contributed by atoms with Crippen molar-refractivity contribution in [1.29, 1.82) is 5.41 Å². The fourth-order valence-electron chi connectivity index (χ4n) is 3.80. The van der Waals surface area contributed by atoms with E-state index in [2.05, 4.69) is 10.6 Å². The molecule has 0 radical (unpaired) electrons. The van der Waals surface area contributed by atoms with Gasteiger partial charge in [0.2, 0.25) is 17.7 Å². The Morgan fingerprint density at radius 3 is 2.37 bits per heavy atom. The molecule has 6 N–H and O–H groups in total. The highest BCUT2D eigenvalue weighted by molar-refractivity contribution is 5.99. The summed E-state index contributed by atoms with van der Waals surface area (Å²) in [6.07, 6.45) is -1.27. The lowest BCUT2D eigenvalue weighted by Crippen LogP contribution is -2.61. The van der Waals surface area contributed by atoms with Crippen molar-refractivity contribution >= 4 is 41.3 Å². The number of hydrogen-bond donors (Lipinski definition) is 5. The number of amidine groups is 1. The molecular weight excluding hydrogens is 496 g/mol. The number of nitrogens with two attached hydrogens (primary N) is 1. The number of piperazine rings is 1. The summed E-state index contributed by atoms with van der Waals surface area (Å²) in [4.78, 5) is 64.1. The first-order valence-electron chi connectivity index (χ1n) is 11.6. The first kappa shape index (κ1) is 27.6. The molecule has 1 atom stereocenters. The van der Waals surface area contributed by atoms with Crippen LogP contribution in [0.2, 0.25) is 0 Å². The number of nitrogens with one attached hydrogen (secondary N) is 3. The van der Waals surface area contributed by atoms with Crippen LogP contribution >= 0.6 is 0 Å². The van der Waals surface area contributed by atoms with Crippen LogP contribution in [0.5, 0.6) is 0 Å². The maximum absolute atomic E-state index is 13.0. The quantitative estimate of drug-likeness (QED) is 0.217. The summed E-state index contributed by atoms with van der Waals surface area (Å²) in [7, 11) is 0. The molecule has 2 aromatic rings. The van der Waals surface area contributed by atoms with Crippen LogP contribution in [-0.4, -0.2) is 82.7 Å². The van der Waals surface area contributed by atoms with Gasteiger partial charge in [-0.3, -0.25) is 24.6 Å². The van der Waals surface area contributed by atoms with E-state index in [1.807, 2.05) is 6.07 Å². The van der Waals surface area contributed by atoms with Gasteiger partial charge in [0.15, 0.2) is 0 Å². The van der Waals surface area contributed by atoms with E-state index in [-0.39, 0.29) is 25.5 Å². The van der Waals surface area contributed by atoms with E-state index >= 15 is 0 Å². The zero-order chi connectivity index (χ0) is 27.7. The van der Waals surface area contributed by atoms with Gasteiger partial charge in [-0.2, -0.15) is 0 Å². The van der Waals surface area contributed by atoms with E-state index in [0.29, 0.717) is 11.3 Å². The Kier molecular flexibility index (Phi) is 9.35. The number of amides is 4. The van der Waals surface area contributed by atoms with Crippen LogP contribution in [0, 0.1) is 5.41 Å². The molecule has 2 aromatic carbocycles. The molecule has 3 rings (SSSR count). The summed E-state index contributed by atoms with van der Waals surface area (Å²) < 4.78 is 5.08. The SMILES string of the molecule is N=C(N)c1ccc(NC(=O)CC2C(=O)N(CC(=O)O)CCN2C(=O)CNC(=O)OCc2ccccc2)cc1. The van der Waals surface area contributed by atoms with Crippen LogP contribution in [0.25, 0.3) is 0 Å². The summed E-state index contributed by atoms with van der Waals surface area (Å²) >= 11 is 0.